The van der Waals surface area contributed by atoms with Crippen LogP contribution >= 0.6 is 11.6 Å². The summed E-state index contributed by atoms with van der Waals surface area (Å²) in [4.78, 5) is 0. The first-order valence-corrected chi connectivity index (χ1v) is 7.83. The topological polar surface area (TPSA) is 29.5 Å². The number of hydrogen-bond donors (Lipinski definition) is 1. The van der Waals surface area contributed by atoms with Crippen molar-refractivity contribution in [2.45, 2.75) is 37.4 Å². The van der Waals surface area contributed by atoms with Gasteiger partial charge < -0.3 is 9.84 Å². The third-order valence-electron chi connectivity index (χ3n) is 4.40. The van der Waals surface area contributed by atoms with E-state index in [-0.39, 0.29) is 6.10 Å². The number of benzene rings is 2. The van der Waals surface area contributed by atoms with Crippen molar-refractivity contribution in [2.75, 3.05) is 0 Å². The van der Waals surface area contributed by atoms with Crippen LogP contribution < -0.4 is 4.74 Å². The van der Waals surface area contributed by atoms with Gasteiger partial charge in [-0.2, -0.15) is 0 Å². The van der Waals surface area contributed by atoms with E-state index >= 15 is 0 Å². The molecule has 0 radical (unpaired) electrons. The minimum absolute atomic E-state index is 0.0783. The molecule has 2 aromatic carbocycles. The standard InChI is InChI=1S/C18H17ClO2/c19-12-7-8-17-15(9-12)16(20)10-18(21-17)14-4-2-1-3-13(14)11-5-6-11/h1-4,7-9,11,16,18,20H,5-6,10H2/t16-,18?/m1/s1. The van der Waals surface area contributed by atoms with Crippen molar-refractivity contribution in [2.24, 2.45) is 0 Å². The molecule has 2 atom stereocenters. The first kappa shape index (κ1) is 13.2. The van der Waals surface area contributed by atoms with Gasteiger partial charge in [0.15, 0.2) is 0 Å². The summed E-state index contributed by atoms with van der Waals surface area (Å²) in [5.74, 6) is 1.42. The predicted octanol–water partition coefficient (Wildman–Crippen LogP) is 4.77. The molecule has 1 heterocycles. The third kappa shape index (κ3) is 2.43. The van der Waals surface area contributed by atoms with Crippen molar-refractivity contribution >= 4 is 11.6 Å². The van der Waals surface area contributed by atoms with Crippen molar-refractivity contribution in [3.8, 4) is 5.75 Å². The SMILES string of the molecule is O[C@@H]1CC(c2ccccc2C2CC2)Oc2ccc(Cl)cc21. The monoisotopic (exact) mass is 300 g/mol. The lowest BCUT2D eigenvalue weighted by Crippen LogP contribution is -2.20. The highest BCUT2D eigenvalue weighted by molar-refractivity contribution is 6.30. The highest BCUT2D eigenvalue weighted by atomic mass is 35.5. The summed E-state index contributed by atoms with van der Waals surface area (Å²) < 4.78 is 6.14. The zero-order chi connectivity index (χ0) is 14.4. The Balaban J connectivity index is 1.71. The van der Waals surface area contributed by atoms with Crippen LogP contribution in [0.1, 0.15) is 54.1 Å². The summed E-state index contributed by atoms with van der Waals surface area (Å²) in [5.41, 5.74) is 3.40. The number of fused-ring (bicyclic) bond motifs is 1. The van der Waals surface area contributed by atoms with E-state index in [1.54, 1.807) is 6.07 Å². The Labute approximate surface area is 129 Å². The maximum absolute atomic E-state index is 10.4. The molecule has 108 valence electrons. The van der Waals surface area contributed by atoms with E-state index < -0.39 is 6.10 Å². The average Bonchev–Trinajstić information content (AvgIpc) is 3.32. The van der Waals surface area contributed by atoms with Gasteiger partial charge in [0, 0.05) is 17.0 Å². The molecule has 0 bridgehead atoms. The van der Waals surface area contributed by atoms with Gasteiger partial charge in [-0.05, 0) is 48.1 Å². The molecule has 1 unspecified atom stereocenters. The van der Waals surface area contributed by atoms with E-state index in [1.165, 1.54) is 24.0 Å². The number of halogens is 1. The summed E-state index contributed by atoms with van der Waals surface area (Å²) in [6.07, 6.45) is 2.50. The maximum atomic E-state index is 10.4. The van der Waals surface area contributed by atoms with E-state index in [1.807, 2.05) is 18.2 Å². The fraction of sp³-hybridized carbons (Fsp3) is 0.333. The fourth-order valence-electron chi connectivity index (χ4n) is 3.18. The zero-order valence-electron chi connectivity index (χ0n) is 11.6. The van der Waals surface area contributed by atoms with E-state index in [9.17, 15) is 5.11 Å². The van der Waals surface area contributed by atoms with Crippen molar-refractivity contribution in [3.05, 3.63) is 64.2 Å². The van der Waals surface area contributed by atoms with Crippen molar-refractivity contribution in [3.63, 3.8) is 0 Å². The van der Waals surface area contributed by atoms with Crippen LogP contribution in [0.5, 0.6) is 5.75 Å². The quantitative estimate of drug-likeness (QED) is 0.865. The highest BCUT2D eigenvalue weighted by Crippen LogP contribution is 2.47. The highest BCUT2D eigenvalue weighted by Gasteiger charge is 2.33. The molecular formula is C18H17ClO2. The molecular weight excluding hydrogens is 284 g/mol. The Morgan fingerprint density at radius 1 is 1.00 bits per heavy atom. The van der Waals surface area contributed by atoms with Crippen LogP contribution in [-0.4, -0.2) is 5.11 Å². The van der Waals surface area contributed by atoms with Crippen LogP contribution in [0.4, 0.5) is 0 Å². The van der Waals surface area contributed by atoms with Gasteiger partial charge in [0.1, 0.15) is 11.9 Å². The first-order valence-electron chi connectivity index (χ1n) is 7.45. The minimum atomic E-state index is -0.523. The predicted molar refractivity (Wildman–Crippen MR) is 82.8 cm³/mol. The summed E-state index contributed by atoms with van der Waals surface area (Å²) >= 11 is 6.00. The maximum Gasteiger partial charge on any atom is 0.127 e. The smallest absolute Gasteiger partial charge is 0.127 e. The van der Waals surface area contributed by atoms with Gasteiger partial charge >= 0.3 is 0 Å². The number of rotatable bonds is 2. The summed E-state index contributed by atoms with van der Waals surface area (Å²) in [5, 5.41) is 11.1. The molecule has 0 amide bonds. The molecule has 2 aromatic rings. The molecule has 21 heavy (non-hydrogen) atoms. The van der Waals surface area contributed by atoms with Crippen molar-refractivity contribution < 1.29 is 9.84 Å². The van der Waals surface area contributed by atoms with Gasteiger partial charge in [0.25, 0.3) is 0 Å². The van der Waals surface area contributed by atoms with Gasteiger partial charge in [-0.15, -0.1) is 0 Å². The van der Waals surface area contributed by atoms with Crippen molar-refractivity contribution in [1.82, 2.24) is 0 Å². The molecule has 1 aliphatic heterocycles. The van der Waals surface area contributed by atoms with E-state index in [0.717, 1.165) is 11.3 Å². The normalized spacial score (nSPS) is 24.3. The minimum Gasteiger partial charge on any atom is -0.485 e. The fourth-order valence-corrected chi connectivity index (χ4v) is 3.36. The zero-order valence-corrected chi connectivity index (χ0v) is 12.4. The van der Waals surface area contributed by atoms with Crippen LogP contribution in [0.3, 0.4) is 0 Å². The molecule has 1 saturated carbocycles. The molecule has 2 nitrogen and oxygen atoms in total. The largest absolute Gasteiger partial charge is 0.485 e. The second-order valence-corrected chi connectivity index (χ2v) is 6.38. The lowest BCUT2D eigenvalue weighted by atomic mass is 9.91. The molecule has 0 saturated heterocycles. The van der Waals surface area contributed by atoms with Crippen LogP contribution in [0.2, 0.25) is 5.02 Å². The third-order valence-corrected chi connectivity index (χ3v) is 4.63. The van der Waals surface area contributed by atoms with E-state index in [4.69, 9.17) is 16.3 Å². The van der Waals surface area contributed by atoms with Gasteiger partial charge in [-0.1, -0.05) is 35.9 Å². The Morgan fingerprint density at radius 3 is 2.52 bits per heavy atom. The number of aliphatic hydroxyl groups is 1. The van der Waals surface area contributed by atoms with Crippen LogP contribution in [0.15, 0.2) is 42.5 Å². The lowest BCUT2D eigenvalue weighted by Gasteiger charge is -2.31. The molecule has 0 spiro atoms. The molecule has 1 fully saturated rings. The Bertz CT molecular complexity index is 679. The van der Waals surface area contributed by atoms with Crippen LogP contribution in [-0.2, 0) is 0 Å². The second-order valence-electron chi connectivity index (χ2n) is 5.94. The Morgan fingerprint density at radius 2 is 1.76 bits per heavy atom. The van der Waals surface area contributed by atoms with E-state index in [2.05, 4.69) is 18.2 Å². The Kier molecular flexibility index (Phi) is 3.16. The molecule has 1 aliphatic carbocycles. The molecule has 1 N–H and O–H groups in total. The summed E-state index contributed by atoms with van der Waals surface area (Å²) in [6, 6.07) is 13.9. The second kappa shape index (κ2) is 5.04. The average molecular weight is 301 g/mol. The van der Waals surface area contributed by atoms with Crippen molar-refractivity contribution in [1.29, 1.82) is 0 Å². The summed E-state index contributed by atoms with van der Waals surface area (Å²) in [7, 11) is 0. The van der Waals surface area contributed by atoms with Gasteiger partial charge in [0.05, 0.1) is 6.10 Å². The molecule has 3 heteroatoms. The number of aliphatic hydroxyl groups excluding tert-OH is 1. The number of ether oxygens (including phenoxy) is 1. The van der Waals surface area contributed by atoms with Gasteiger partial charge in [0.2, 0.25) is 0 Å². The molecule has 0 aromatic heterocycles. The lowest BCUT2D eigenvalue weighted by molar-refractivity contribution is 0.0653. The summed E-state index contributed by atoms with van der Waals surface area (Å²) in [6.45, 7) is 0. The van der Waals surface area contributed by atoms with Gasteiger partial charge in [-0.3, -0.25) is 0 Å². The van der Waals surface area contributed by atoms with Crippen LogP contribution in [0.25, 0.3) is 0 Å². The Hall–Kier alpha value is -1.51. The first-order chi connectivity index (χ1) is 10.2. The molecule has 4 rings (SSSR count). The number of hydrogen-bond acceptors (Lipinski definition) is 2. The van der Waals surface area contributed by atoms with Gasteiger partial charge in [-0.25, -0.2) is 0 Å². The van der Waals surface area contributed by atoms with E-state index in [0.29, 0.717) is 17.4 Å². The molecule has 2 aliphatic rings. The van der Waals surface area contributed by atoms with Crippen LogP contribution in [0, 0.1) is 0 Å².